The maximum absolute atomic E-state index is 11.2. The fourth-order valence-electron chi connectivity index (χ4n) is 2.18. The molecule has 7 nitrogen and oxygen atoms in total. The highest BCUT2D eigenvalue weighted by Gasteiger charge is 2.20. The van der Waals surface area contributed by atoms with Crippen molar-refractivity contribution in [2.45, 2.75) is 23.1 Å². The smallest absolute Gasteiger partial charge is 0.342 e. The van der Waals surface area contributed by atoms with E-state index in [0.29, 0.717) is 10.5 Å². The second kappa shape index (κ2) is 11.4. The van der Waals surface area contributed by atoms with Gasteiger partial charge in [0.25, 0.3) is 5.69 Å². The second-order valence-electron chi connectivity index (χ2n) is 5.69. The van der Waals surface area contributed by atoms with Gasteiger partial charge in [-0.1, -0.05) is 49.2 Å². The number of hydrogen-bond acceptors (Lipinski definition) is 8. The molecule has 0 unspecified atom stereocenters. The molecule has 2 rings (SSSR count). The number of rotatable bonds is 11. The Morgan fingerprint density at radius 2 is 1.45 bits per heavy atom. The molecule has 0 heterocycles. The average molecular weight is 472 g/mol. The van der Waals surface area contributed by atoms with Crippen LogP contribution < -0.4 is 0 Å². The number of aryl methyl sites for hydroxylation is 1. The predicted octanol–water partition coefficient (Wildman–Crippen LogP) is 5.87. The van der Waals surface area contributed by atoms with Crippen LogP contribution >= 0.6 is 43.2 Å². The second-order valence-corrected chi connectivity index (χ2v) is 10.7. The van der Waals surface area contributed by atoms with Crippen molar-refractivity contribution in [3.8, 4) is 0 Å². The number of nitro benzene ring substituents is 1. The zero-order valence-electron chi connectivity index (χ0n) is 15.2. The van der Waals surface area contributed by atoms with E-state index in [4.69, 9.17) is 10.2 Å². The van der Waals surface area contributed by atoms with Crippen LogP contribution in [-0.2, 0) is 0 Å². The zero-order valence-corrected chi connectivity index (χ0v) is 18.5. The van der Waals surface area contributed by atoms with Gasteiger partial charge in [0.05, 0.1) is 10.5 Å². The van der Waals surface area contributed by atoms with Gasteiger partial charge in [0, 0.05) is 27.4 Å². The fraction of sp³-hybridized carbons (Fsp3) is 0.222. The van der Waals surface area contributed by atoms with Crippen molar-refractivity contribution >= 4 is 60.8 Å². The number of carboxylic acids is 2. The monoisotopic (exact) mass is 471 g/mol. The molecule has 2 aromatic rings. The van der Waals surface area contributed by atoms with Crippen molar-refractivity contribution in [3.05, 3.63) is 63.2 Å². The maximum Gasteiger partial charge on any atom is 0.342 e. The normalized spacial score (nSPS) is 10.7. The van der Waals surface area contributed by atoms with Gasteiger partial charge < -0.3 is 10.2 Å². The first-order valence-corrected chi connectivity index (χ1v) is 12.9. The minimum absolute atomic E-state index is 0.311. The molecular formula is C18H17NO6S4. The van der Waals surface area contributed by atoms with Gasteiger partial charge >= 0.3 is 11.9 Å². The largest absolute Gasteiger partial charge is 0.478 e. The summed E-state index contributed by atoms with van der Waals surface area (Å²) in [6.45, 7) is 1.77. The Labute approximate surface area is 183 Å². The third-order valence-corrected chi connectivity index (χ3v) is 8.50. The Morgan fingerprint density at radius 3 is 1.97 bits per heavy atom. The molecular weight excluding hydrogens is 454 g/mol. The summed E-state index contributed by atoms with van der Waals surface area (Å²) in [4.78, 5) is 34.0. The quantitative estimate of drug-likeness (QED) is 0.178. The minimum atomic E-state index is -1.32. The van der Waals surface area contributed by atoms with E-state index in [1.165, 1.54) is 33.7 Å². The van der Waals surface area contributed by atoms with Crippen LogP contribution in [0.1, 0.15) is 32.7 Å². The Balaban J connectivity index is 1.73. The van der Waals surface area contributed by atoms with Crippen LogP contribution in [0.3, 0.4) is 0 Å². The summed E-state index contributed by atoms with van der Waals surface area (Å²) in [5.74, 6) is -0.554. The van der Waals surface area contributed by atoms with Gasteiger partial charge in [-0.05, 0) is 43.2 Å². The van der Waals surface area contributed by atoms with Crippen LogP contribution in [0.2, 0.25) is 0 Å². The van der Waals surface area contributed by atoms with E-state index in [-0.39, 0.29) is 5.56 Å². The van der Waals surface area contributed by atoms with E-state index in [1.54, 1.807) is 46.7 Å². The van der Waals surface area contributed by atoms with Crippen molar-refractivity contribution in [3.63, 3.8) is 0 Å². The van der Waals surface area contributed by atoms with Gasteiger partial charge in [0.15, 0.2) is 0 Å². The first-order valence-electron chi connectivity index (χ1n) is 8.24. The molecule has 0 amide bonds. The molecule has 29 heavy (non-hydrogen) atoms. The number of benzene rings is 2. The van der Waals surface area contributed by atoms with Crippen molar-refractivity contribution in [1.82, 2.24) is 0 Å². The summed E-state index contributed by atoms with van der Waals surface area (Å²) in [5.41, 5.74) is 0.317. The number of carboxylic acid groups (broad SMARTS) is 2. The number of hydrogen-bond donors (Lipinski definition) is 2. The first-order chi connectivity index (χ1) is 13.8. The molecule has 2 N–H and O–H groups in total. The molecule has 11 heteroatoms. The molecule has 0 saturated carbocycles. The summed E-state index contributed by atoms with van der Waals surface area (Å²) >= 11 is 0. The molecule has 0 saturated heterocycles. The van der Waals surface area contributed by atoms with Crippen LogP contribution in [-0.4, -0.2) is 38.6 Å². The Morgan fingerprint density at radius 1 is 0.931 bits per heavy atom. The topological polar surface area (TPSA) is 118 Å². The van der Waals surface area contributed by atoms with Crippen molar-refractivity contribution in [1.29, 1.82) is 0 Å². The summed E-state index contributed by atoms with van der Waals surface area (Å²) < 4.78 is 0. The van der Waals surface area contributed by atoms with Crippen molar-refractivity contribution < 1.29 is 24.7 Å². The number of carbonyl (C=O) groups is 2. The third kappa shape index (κ3) is 7.18. The number of aromatic carboxylic acids is 2. The van der Waals surface area contributed by atoms with Crippen LogP contribution in [0.5, 0.6) is 0 Å². The maximum atomic E-state index is 11.2. The van der Waals surface area contributed by atoms with Gasteiger partial charge in [-0.15, -0.1) is 0 Å². The lowest BCUT2D eigenvalue weighted by molar-refractivity contribution is -0.385. The molecule has 0 atom stereocenters. The number of nitrogens with zero attached hydrogens (tertiary/aromatic N) is 1. The Bertz CT molecular complexity index is 921. The molecule has 0 fully saturated rings. The van der Waals surface area contributed by atoms with Gasteiger partial charge in [0.2, 0.25) is 0 Å². The van der Waals surface area contributed by atoms with Gasteiger partial charge in [-0.3, -0.25) is 10.1 Å². The summed E-state index contributed by atoms with van der Waals surface area (Å²) in [6.07, 6.45) is 0.908. The molecule has 0 aliphatic heterocycles. The van der Waals surface area contributed by atoms with E-state index in [0.717, 1.165) is 28.4 Å². The van der Waals surface area contributed by atoms with Crippen LogP contribution in [0.15, 0.2) is 46.2 Å². The lowest BCUT2D eigenvalue weighted by Crippen LogP contribution is -2.02. The molecule has 0 aromatic heterocycles. The lowest BCUT2D eigenvalue weighted by atomic mass is 10.1. The summed E-state index contributed by atoms with van der Waals surface area (Å²) in [7, 11) is 6.10. The first kappa shape index (κ1) is 23.5. The van der Waals surface area contributed by atoms with Crippen molar-refractivity contribution in [2.24, 2.45) is 0 Å². The van der Waals surface area contributed by atoms with E-state index in [9.17, 15) is 19.7 Å². The minimum Gasteiger partial charge on any atom is -0.478 e. The van der Waals surface area contributed by atoms with E-state index in [1.807, 2.05) is 6.07 Å². The predicted molar refractivity (Wildman–Crippen MR) is 119 cm³/mol. The molecule has 0 radical (unpaired) electrons. The summed E-state index contributed by atoms with van der Waals surface area (Å²) in [5, 5.41) is 29.1. The van der Waals surface area contributed by atoms with Crippen LogP contribution in [0.25, 0.3) is 0 Å². The summed E-state index contributed by atoms with van der Waals surface area (Å²) in [6, 6.07) is 9.46. The van der Waals surface area contributed by atoms with Crippen LogP contribution in [0, 0.1) is 17.0 Å². The SMILES string of the molecule is Cc1ccc(SSCCCSSc2ccc([N+](=O)[O-])c(C(=O)O)c2)cc1C(=O)O. The standard InChI is InChI=1S/C18H17NO6S4/c1-11-3-4-12(9-14(11)17(20)21)28-26-7-2-8-27-29-13-5-6-16(19(24)25)15(10-13)18(22)23/h3-6,9-10H,2,7-8H2,1H3,(H,20,21)(H,22,23). The number of nitro groups is 1. The van der Waals surface area contributed by atoms with Crippen molar-refractivity contribution in [2.75, 3.05) is 11.5 Å². The van der Waals surface area contributed by atoms with Crippen LogP contribution in [0.4, 0.5) is 5.69 Å². The highest BCUT2D eigenvalue weighted by Crippen LogP contribution is 2.36. The van der Waals surface area contributed by atoms with E-state index in [2.05, 4.69) is 0 Å². The Hall–Kier alpha value is -1.82. The molecule has 0 spiro atoms. The molecule has 0 aliphatic carbocycles. The third-order valence-electron chi connectivity index (χ3n) is 3.60. The van der Waals surface area contributed by atoms with E-state index >= 15 is 0 Å². The fourth-order valence-corrected chi connectivity index (χ4v) is 6.55. The molecule has 0 aliphatic rings. The highest BCUT2D eigenvalue weighted by atomic mass is 33.1. The van der Waals surface area contributed by atoms with Gasteiger partial charge in [-0.25, -0.2) is 9.59 Å². The molecule has 0 bridgehead atoms. The average Bonchev–Trinajstić information content (AvgIpc) is 2.67. The van der Waals surface area contributed by atoms with Gasteiger partial charge in [0.1, 0.15) is 5.56 Å². The Kier molecular flexibility index (Phi) is 9.21. The van der Waals surface area contributed by atoms with E-state index < -0.39 is 22.5 Å². The lowest BCUT2D eigenvalue weighted by Gasteiger charge is -2.05. The molecule has 2 aromatic carbocycles. The molecule has 154 valence electrons. The zero-order chi connectivity index (χ0) is 21.4. The highest BCUT2D eigenvalue weighted by molar-refractivity contribution is 8.77. The van der Waals surface area contributed by atoms with Gasteiger partial charge in [-0.2, -0.15) is 0 Å².